The molecule has 0 radical (unpaired) electrons. The van der Waals surface area contributed by atoms with Gasteiger partial charge in [-0.25, -0.2) is 0 Å². The third kappa shape index (κ3) is 6.00. The molecule has 0 spiro atoms. The zero-order chi connectivity index (χ0) is 30.1. The fraction of sp³-hybridized carbons (Fsp3) is 0.333. The van der Waals surface area contributed by atoms with Crippen LogP contribution < -0.4 is 15.0 Å². The monoisotopic (exact) mass is 597 g/mol. The SMILES string of the molecule is COc1ccc2c(c1)C(c1ccc(Cl)cc1)=N[C@@H](CC(=O)Nc1ccc(N3CCC(N(C)C)CC3)cc1)c1nnc(C)n1-2. The largest absolute Gasteiger partial charge is 0.497 e. The van der Waals surface area contributed by atoms with Gasteiger partial charge in [0.1, 0.15) is 17.6 Å². The van der Waals surface area contributed by atoms with E-state index in [1.165, 1.54) is 5.69 Å². The van der Waals surface area contributed by atoms with Crippen molar-refractivity contribution in [2.45, 2.75) is 38.3 Å². The summed E-state index contributed by atoms with van der Waals surface area (Å²) in [5.74, 6) is 1.87. The number of halogens is 1. The number of nitrogens with one attached hydrogen (secondary N) is 1. The van der Waals surface area contributed by atoms with Gasteiger partial charge in [-0.2, -0.15) is 0 Å². The number of amides is 1. The van der Waals surface area contributed by atoms with Crippen LogP contribution >= 0.6 is 11.6 Å². The van der Waals surface area contributed by atoms with Gasteiger partial charge in [-0.15, -0.1) is 10.2 Å². The van der Waals surface area contributed by atoms with E-state index in [-0.39, 0.29) is 12.3 Å². The van der Waals surface area contributed by atoms with Gasteiger partial charge in [0.15, 0.2) is 5.82 Å². The minimum absolute atomic E-state index is 0.0974. The topological polar surface area (TPSA) is 87.9 Å². The zero-order valence-corrected chi connectivity index (χ0v) is 25.7. The average Bonchev–Trinajstić information content (AvgIpc) is 3.34. The van der Waals surface area contributed by atoms with Crippen molar-refractivity contribution < 1.29 is 9.53 Å². The number of hydrogen-bond acceptors (Lipinski definition) is 7. The van der Waals surface area contributed by atoms with Crippen molar-refractivity contribution in [3.8, 4) is 11.4 Å². The maximum Gasteiger partial charge on any atom is 0.227 e. The Balaban J connectivity index is 1.26. The number of piperidine rings is 1. The van der Waals surface area contributed by atoms with Crippen molar-refractivity contribution >= 4 is 34.6 Å². The number of carbonyl (C=O) groups excluding carboxylic acids is 1. The Kier molecular flexibility index (Phi) is 8.19. The minimum Gasteiger partial charge on any atom is -0.497 e. The number of methoxy groups -OCH3 is 1. The van der Waals surface area contributed by atoms with Crippen LogP contribution in [0.1, 0.15) is 48.1 Å². The second-order valence-electron chi connectivity index (χ2n) is 11.3. The standard InChI is InChI=1S/C33H36ClN7O2/c1-21-37-38-33-29(20-31(42)35-24-9-11-26(12-10-24)40-17-15-25(16-18-40)39(2)3)36-32(22-5-7-23(34)8-6-22)28-19-27(43-4)13-14-30(28)41(21)33/h5-14,19,25,29H,15-18,20H2,1-4H3,(H,35,42)/t29-/m0/s1. The van der Waals surface area contributed by atoms with Crippen LogP contribution in [0.2, 0.25) is 5.02 Å². The maximum atomic E-state index is 13.5. The quantitative estimate of drug-likeness (QED) is 0.295. The van der Waals surface area contributed by atoms with Gasteiger partial charge >= 0.3 is 0 Å². The number of aryl methyl sites for hydroxylation is 1. The van der Waals surface area contributed by atoms with Crippen LogP contribution in [0.15, 0.2) is 71.7 Å². The number of aliphatic imine (C=N–C) groups is 1. The highest BCUT2D eigenvalue weighted by Gasteiger charge is 2.30. The number of rotatable bonds is 7. The first-order valence-electron chi connectivity index (χ1n) is 14.6. The number of hydrogen-bond donors (Lipinski definition) is 1. The van der Waals surface area contributed by atoms with E-state index < -0.39 is 6.04 Å². The Labute approximate surface area is 257 Å². The summed E-state index contributed by atoms with van der Waals surface area (Å²) in [6, 6.07) is 21.6. The molecule has 10 heteroatoms. The van der Waals surface area contributed by atoms with Gasteiger partial charge in [0.05, 0.1) is 24.9 Å². The van der Waals surface area contributed by atoms with E-state index in [9.17, 15) is 4.79 Å². The van der Waals surface area contributed by atoms with E-state index >= 15 is 0 Å². The number of nitrogens with zero attached hydrogens (tertiary/aromatic N) is 6. The predicted octanol–water partition coefficient (Wildman–Crippen LogP) is 5.69. The molecule has 222 valence electrons. The summed E-state index contributed by atoms with van der Waals surface area (Å²) in [7, 11) is 5.94. The smallest absolute Gasteiger partial charge is 0.227 e. The van der Waals surface area contributed by atoms with Crippen LogP contribution in [-0.4, -0.2) is 71.6 Å². The molecule has 0 saturated carbocycles. The Morgan fingerprint density at radius 1 is 1.02 bits per heavy atom. The number of benzene rings is 3. The Hall–Kier alpha value is -4.21. The lowest BCUT2D eigenvalue weighted by Gasteiger charge is -2.36. The van der Waals surface area contributed by atoms with Gasteiger partial charge in [0.2, 0.25) is 5.91 Å². The molecular weight excluding hydrogens is 562 g/mol. The van der Waals surface area contributed by atoms with E-state index in [1.54, 1.807) is 7.11 Å². The molecule has 9 nitrogen and oxygen atoms in total. The first-order valence-corrected chi connectivity index (χ1v) is 14.9. The number of ether oxygens (including phenoxy) is 1. The molecule has 0 aliphatic carbocycles. The highest BCUT2D eigenvalue weighted by molar-refractivity contribution is 6.30. The number of aromatic nitrogens is 3. The predicted molar refractivity (Wildman–Crippen MR) is 171 cm³/mol. The summed E-state index contributed by atoms with van der Waals surface area (Å²) in [4.78, 5) is 23.3. The van der Waals surface area contributed by atoms with Gasteiger partial charge < -0.3 is 19.9 Å². The minimum atomic E-state index is -0.567. The molecule has 1 atom stereocenters. The molecule has 1 saturated heterocycles. The van der Waals surface area contributed by atoms with Crippen molar-refractivity contribution in [1.29, 1.82) is 0 Å². The Bertz CT molecular complexity index is 1640. The fourth-order valence-electron chi connectivity index (χ4n) is 5.96. The molecule has 4 aromatic rings. The van der Waals surface area contributed by atoms with Crippen LogP contribution in [0.5, 0.6) is 5.75 Å². The summed E-state index contributed by atoms with van der Waals surface area (Å²) < 4.78 is 7.54. The normalized spacial score (nSPS) is 16.7. The van der Waals surface area contributed by atoms with E-state index in [0.717, 1.165) is 54.1 Å². The maximum absolute atomic E-state index is 13.5. The molecule has 1 fully saturated rings. The molecule has 6 rings (SSSR count). The van der Waals surface area contributed by atoms with Gasteiger partial charge in [0, 0.05) is 46.7 Å². The highest BCUT2D eigenvalue weighted by atomic mass is 35.5. The summed E-state index contributed by atoms with van der Waals surface area (Å²) in [5.41, 5.74) is 5.27. The van der Waals surface area contributed by atoms with Crippen LogP contribution in [0.4, 0.5) is 11.4 Å². The van der Waals surface area contributed by atoms with Crippen molar-refractivity contribution in [1.82, 2.24) is 19.7 Å². The number of carbonyl (C=O) groups is 1. The molecule has 1 amide bonds. The molecule has 3 heterocycles. The molecular formula is C33H36ClN7O2. The second-order valence-corrected chi connectivity index (χ2v) is 11.7. The average molecular weight is 598 g/mol. The summed E-state index contributed by atoms with van der Waals surface area (Å²) >= 11 is 6.21. The third-order valence-corrected chi connectivity index (χ3v) is 8.59. The summed E-state index contributed by atoms with van der Waals surface area (Å²) in [6.07, 6.45) is 2.39. The van der Waals surface area contributed by atoms with Gasteiger partial charge in [0.25, 0.3) is 0 Å². The van der Waals surface area contributed by atoms with Gasteiger partial charge in [-0.05, 0) is 88.5 Å². The molecule has 3 aromatic carbocycles. The van der Waals surface area contributed by atoms with Crippen molar-refractivity contribution in [3.63, 3.8) is 0 Å². The summed E-state index contributed by atoms with van der Waals surface area (Å²) in [5, 5.41) is 12.6. The van der Waals surface area contributed by atoms with Crippen LogP contribution in [0, 0.1) is 6.92 Å². The first kappa shape index (κ1) is 28.9. The molecule has 2 aliphatic rings. The molecule has 0 unspecified atom stereocenters. The van der Waals surface area contributed by atoms with Crippen LogP contribution in [0.3, 0.4) is 0 Å². The molecule has 0 bridgehead atoms. The van der Waals surface area contributed by atoms with E-state index in [4.69, 9.17) is 21.3 Å². The zero-order valence-electron chi connectivity index (χ0n) is 24.9. The highest BCUT2D eigenvalue weighted by Crippen LogP contribution is 2.35. The van der Waals surface area contributed by atoms with E-state index in [1.807, 2.05) is 66.1 Å². The van der Waals surface area contributed by atoms with Gasteiger partial charge in [-0.1, -0.05) is 23.7 Å². The number of fused-ring (bicyclic) bond motifs is 3. The lowest BCUT2D eigenvalue weighted by Crippen LogP contribution is -2.41. The third-order valence-electron chi connectivity index (χ3n) is 8.34. The van der Waals surface area contributed by atoms with Crippen molar-refractivity contribution in [2.75, 3.05) is 44.5 Å². The van der Waals surface area contributed by atoms with Crippen LogP contribution in [0.25, 0.3) is 5.69 Å². The van der Waals surface area contributed by atoms with Crippen LogP contribution in [-0.2, 0) is 4.79 Å². The van der Waals surface area contributed by atoms with E-state index in [2.05, 4.69) is 51.5 Å². The fourth-order valence-corrected chi connectivity index (χ4v) is 6.09. The second kappa shape index (κ2) is 12.2. The lowest BCUT2D eigenvalue weighted by atomic mass is 10.00. The van der Waals surface area contributed by atoms with Crippen molar-refractivity contribution in [3.05, 3.63) is 94.5 Å². The van der Waals surface area contributed by atoms with E-state index in [0.29, 0.717) is 28.5 Å². The molecule has 1 N–H and O–H groups in total. The molecule has 43 heavy (non-hydrogen) atoms. The lowest BCUT2D eigenvalue weighted by molar-refractivity contribution is -0.116. The number of anilines is 2. The first-order chi connectivity index (χ1) is 20.8. The van der Waals surface area contributed by atoms with Crippen molar-refractivity contribution in [2.24, 2.45) is 4.99 Å². The van der Waals surface area contributed by atoms with Gasteiger partial charge in [-0.3, -0.25) is 14.4 Å². The Morgan fingerprint density at radius 2 is 1.74 bits per heavy atom. The molecule has 1 aromatic heterocycles. The summed E-state index contributed by atoms with van der Waals surface area (Å²) in [6.45, 7) is 3.95. The Morgan fingerprint density at radius 3 is 2.42 bits per heavy atom. The molecule has 2 aliphatic heterocycles.